The second kappa shape index (κ2) is 4.92. The molecule has 3 aromatic rings. The van der Waals surface area contributed by atoms with Crippen LogP contribution in [0.15, 0.2) is 29.6 Å². The molecular formula is C13H8ClNO2S2. The number of esters is 1. The van der Waals surface area contributed by atoms with Crippen molar-refractivity contribution in [1.29, 1.82) is 0 Å². The first-order valence-electron chi connectivity index (χ1n) is 5.42. The average Bonchev–Trinajstić information content (AvgIpc) is 3.03. The summed E-state index contributed by atoms with van der Waals surface area (Å²) in [6, 6.07) is 8.05. The van der Waals surface area contributed by atoms with Crippen molar-refractivity contribution in [3.05, 3.63) is 39.7 Å². The van der Waals surface area contributed by atoms with E-state index in [4.69, 9.17) is 11.6 Å². The molecule has 1 aromatic carbocycles. The Bertz CT molecular complexity index is 763. The molecule has 0 saturated carbocycles. The second-order valence-corrected chi connectivity index (χ2v) is 6.05. The highest BCUT2D eigenvalue weighted by molar-refractivity contribution is 7.20. The molecule has 0 aliphatic rings. The van der Waals surface area contributed by atoms with E-state index in [1.54, 1.807) is 11.3 Å². The number of thiophene rings is 1. The molecule has 0 amide bonds. The molecule has 0 fully saturated rings. The molecule has 19 heavy (non-hydrogen) atoms. The Kier molecular flexibility index (Phi) is 3.26. The first-order chi connectivity index (χ1) is 9.20. The summed E-state index contributed by atoms with van der Waals surface area (Å²) in [7, 11) is 1.33. The molecule has 0 saturated heterocycles. The fourth-order valence-corrected chi connectivity index (χ4v) is 4.01. The van der Waals surface area contributed by atoms with E-state index in [2.05, 4.69) is 15.8 Å². The molecule has 3 rings (SSSR count). The Hall–Kier alpha value is -1.43. The quantitative estimate of drug-likeness (QED) is 0.656. The standard InChI is InChI=1S/C13H8ClNO2S2/c1-17-13(16)10-11(14)15-12(19-10)8-4-2-3-7-5-6-18-9(7)8/h2-6H,1H3. The number of hydrogen-bond acceptors (Lipinski definition) is 5. The van der Waals surface area contributed by atoms with Gasteiger partial charge in [0, 0.05) is 10.3 Å². The first-order valence-corrected chi connectivity index (χ1v) is 7.49. The van der Waals surface area contributed by atoms with E-state index >= 15 is 0 Å². The first kappa shape index (κ1) is 12.6. The Labute approximate surface area is 122 Å². The Morgan fingerprint density at radius 3 is 3.00 bits per heavy atom. The van der Waals surface area contributed by atoms with Crippen LogP contribution in [0.1, 0.15) is 9.67 Å². The van der Waals surface area contributed by atoms with E-state index in [1.165, 1.54) is 18.4 Å². The van der Waals surface area contributed by atoms with E-state index in [0.29, 0.717) is 4.88 Å². The number of hydrogen-bond donors (Lipinski definition) is 0. The van der Waals surface area contributed by atoms with Crippen LogP contribution in [0.4, 0.5) is 0 Å². The van der Waals surface area contributed by atoms with Gasteiger partial charge in [-0.1, -0.05) is 29.8 Å². The molecule has 3 nitrogen and oxygen atoms in total. The van der Waals surface area contributed by atoms with Crippen molar-refractivity contribution in [1.82, 2.24) is 4.98 Å². The van der Waals surface area contributed by atoms with Gasteiger partial charge >= 0.3 is 5.97 Å². The van der Waals surface area contributed by atoms with Crippen LogP contribution >= 0.6 is 34.3 Å². The zero-order valence-corrected chi connectivity index (χ0v) is 12.2. The summed E-state index contributed by atoms with van der Waals surface area (Å²) >= 11 is 8.89. The highest BCUT2D eigenvalue weighted by Gasteiger charge is 2.19. The third kappa shape index (κ3) is 2.14. The van der Waals surface area contributed by atoms with Gasteiger partial charge in [0.2, 0.25) is 0 Å². The maximum atomic E-state index is 11.6. The van der Waals surface area contributed by atoms with Gasteiger partial charge in [-0.15, -0.1) is 22.7 Å². The molecule has 0 aliphatic carbocycles. The third-order valence-electron chi connectivity index (χ3n) is 2.67. The van der Waals surface area contributed by atoms with Gasteiger partial charge in [-0.05, 0) is 16.8 Å². The SMILES string of the molecule is COC(=O)c1sc(-c2cccc3ccsc23)nc1Cl. The smallest absolute Gasteiger partial charge is 0.351 e. The van der Waals surface area contributed by atoms with E-state index in [0.717, 1.165) is 20.7 Å². The number of methoxy groups -OCH3 is 1. The fourth-order valence-electron chi connectivity index (χ4n) is 1.80. The summed E-state index contributed by atoms with van der Waals surface area (Å²) in [5.41, 5.74) is 0.995. The number of fused-ring (bicyclic) bond motifs is 1. The number of ether oxygens (including phenoxy) is 1. The minimum Gasteiger partial charge on any atom is -0.465 e. The van der Waals surface area contributed by atoms with Crippen LogP contribution in [0.25, 0.3) is 20.7 Å². The van der Waals surface area contributed by atoms with Crippen LogP contribution in [0.2, 0.25) is 5.15 Å². The van der Waals surface area contributed by atoms with Crippen LogP contribution < -0.4 is 0 Å². The lowest BCUT2D eigenvalue weighted by Gasteiger charge is -1.97. The van der Waals surface area contributed by atoms with Gasteiger partial charge in [-0.25, -0.2) is 9.78 Å². The van der Waals surface area contributed by atoms with Gasteiger partial charge < -0.3 is 4.74 Å². The zero-order chi connectivity index (χ0) is 13.4. The van der Waals surface area contributed by atoms with Gasteiger partial charge in [0.1, 0.15) is 5.01 Å². The van der Waals surface area contributed by atoms with Gasteiger partial charge in [0.25, 0.3) is 0 Å². The predicted octanol–water partition coefficient (Wildman–Crippen LogP) is 4.46. The van der Waals surface area contributed by atoms with Crippen molar-refractivity contribution in [2.45, 2.75) is 0 Å². The third-order valence-corrected chi connectivity index (χ3v) is 5.08. The summed E-state index contributed by atoms with van der Waals surface area (Å²) in [5.74, 6) is -0.452. The highest BCUT2D eigenvalue weighted by atomic mass is 35.5. The van der Waals surface area contributed by atoms with Crippen LogP contribution in [0.5, 0.6) is 0 Å². The summed E-state index contributed by atoms with van der Waals surface area (Å²) in [6.07, 6.45) is 0. The van der Waals surface area contributed by atoms with Crippen LogP contribution in [-0.4, -0.2) is 18.1 Å². The number of thiazole rings is 1. The van der Waals surface area contributed by atoms with Gasteiger partial charge in [-0.3, -0.25) is 0 Å². The van der Waals surface area contributed by atoms with Crippen molar-refractivity contribution in [2.24, 2.45) is 0 Å². The number of rotatable bonds is 2. The molecule has 0 atom stereocenters. The van der Waals surface area contributed by atoms with E-state index in [9.17, 15) is 4.79 Å². The van der Waals surface area contributed by atoms with Crippen LogP contribution in [0, 0.1) is 0 Å². The zero-order valence-electron chi connectivity index (χ0n) is 9.84. The van der Waals surface area contributed by atoms with Crippen molar-refractivity contribution in [3.8, 4) is 10.6 Å². The minimum absolute atomic E-state index is 0.195. The number of carbonyl (C=O) groups is 1. The predicted molar refractivity (Wildman–Crippen MR) is 79.3 cm³/mol. The monoisotopic (exact) mass is 309 g/mol. The number of aromatic nitrogens is 1. The number of nitrogens with zero attached hydrogens (tertiary/aromatic N) is 1. The largest absolute Gasteiger partial charge is 0.465 e. The average molecular weight is 310 g/mol. The summed E-state index contributed by atoms with van der Waals surface area (Å²) in [6.45, 7) is 0. The lowest BCUT2D eigenvalue weighted by Crippen LogP contribution is -1.98. The molecule has 0 N–H and O–H groups in total. The molecule has 0 bridgehead atoms. The number of benzene rings is 1. The van der Waals surface area contributed by atoms with Gasteiger partial charge in [0.05, 0.1) is 7.11 Å². The molecule has 0 spiro atoms. The fraction of sp³-hybridized carbons (Fsp3) is 0.0769. The molecule has 0 unspecified atom stereocenters. The Morgan fingerprint density at radius 1 is 1.37 bits per heavy atom. The molecule has 0 radical (unpaired) electrons. The van der Waals surface area contributed by atoms with E-state index in [1.807, 2.05) is 23.6 Å². The Balaban J connectivity index is 2.17. The van der Waals surface area contributed by atoms with Crippen molar-refractivity contribution < 1.29 is 9.53 Å². The van der Waals surface area contributed by atoms with Crippen LogP contribution in [-0.2, 0) is 4.74 Å². The lowest BCUT2D eigenvalue weighted by molar-refractivity contribution is 0.0606. The van der Waals surface area contributed by atoms with Crippen molar-refractivity contribution >= 4 is 50.3 Å². The summed E-state index contributed by atoms with van der Waals surface area (Å²) in [5, 5.41) is 4.12. The normalized spacial score (nSPS) is 10.8. The van der Waals surface area contributed by atoms with Crippen molar-refractivity contribution in [3.63, 3.8) is 0 Å². The summed E-state index contributed by atoms with van der Waals surface area (Å²) < 4.78 is 5.83. The topological polar surface area (TPSA) is 39.2 Å². The number of carbonyl (C=O) groups excluding carboxylic acids is 1. The molecule has 2 aromatic heterocycles. The van der Waals surface area contributed by atoms with Gasteiger partial charge in [0.15, 0.2) is 10.0 Å². The van der Waals surface area contributed by atoms with Crippen LogP contribution in [0.3, 0.4) is 0 Å². The van der Waals surface area contributed by atoms with Gasteiger partial charge in [-0.2, -0.15) is 0 Å². The molecule has 2 heterocycles. The van der Waals surface area contributed by atoms with E-state index < -0.39 is 5.97 Å². The molecule has 6 heteroatoms. The second-order valence-electron chi connectivity index (χ2n) is 3.78. The lowest BCUT2D eigenvalue weighted by atomic mass is 10.2. The molecule has 96 valence electrons. The molecule has 0 aliphatic heterocycles. The van der Waals surface area contributed by atoms with E-state index in [-0.39, 0.29) is 5.15 Å². The van der Waals surface area contributed by atoms with Crippen molar-refractivity contribution in [2.75, 3.05) is 7.11 Å². The Morgan fingerprint density at radius 2 is 2.21 bits per heavy atom. The number of halogens is 1. The molecular weight excluding hydrogens is 302 g/mol. The highest BCUT2D eigenvalue weighted by Crippen LogP contribution is 2.37. The minimum atomic E-state index is -0.452. The maximum absolute atomic E-state index is 11.6. The summed E-state index contributed by atoms with van der Waals surface area (Å²) in [4.78, 5) is 16.2. The maximum Gasteiger partial charge on any atom is 0.351 e.